The molecule has 0 aliphatic heterocycles. The van der Waals surface area contributed by atoms with Gasteiger partial charge in [-0.05, 0) is 35.1 Å². The van der Waals surface area contributed by atoms with E-state index in [1.165, 1.54) is 30.3 Å². The summed E-state index contributed by atoms with van der Waals surface area (Å²) in [6, 6.07) is 7.59. The third kappa shape index (κ3) is 5.10. The molecule has 0 fully saturated rings. The van der Waals surface area contributed by atoms with Crippen molar-refractivity contribution in [2.45, 2.75) is 30.7 Å². The van der Waals surface area contributed by atoms with Crippen molar-refractivity contribution in [3.05, 3.63) is 57.5 Å². The number of nitro benzene ring substituents is 1. The maximum Gasteiger partial charge on any atom is 0.324 e. The van der Waals surface area contributed by atoms with Crippen molar-refractivity contribution in [3.63, 3.8) is 0 Å². The second-order valence-electron chi connectivity index (χ2n) is 5.81. The Balaban J connectivity index is 2.03. The van der Waals surface area contributed by atoms with Gasteiger partial charge in [-0.15, -0.1) is 11.3 Å². The molecule has 26 heavy (non-hydrogen) atoms. The lowest BCUT2D eigenvalue weighted by molar-refractivity contribution is -0.384. The Labute approximate surface area is 155 Å². The average molecular weight is 398 g/mol. The molecule has 0 saturated carbocycles. The minimum Gasteiger partial charge on any atom is -0.460 e. The Morgan fingerprint density at radius 2 is 1.92 bits per heavy atom. The minimum absolute atomic E-state index is 0.0659. The molecule has 8 nitrogen and oxygen atoms in total. The summed E-state index contributed by atoms with van der Waals surface area (Å²) in [4.78, 5) is 22.4. The summed E-state index contributed by atoms with van der Waals surface area (Å²) in [6.45, 7) is 3.30. The second-order valence-corrected chi connectivity index (χ2v) is 8.69. The summed E-state index contributed by atoms with van der Waals surface area (Å²) in [7, 11) is -3.81. The molecular weight excluding hydrogens is 380 g/mol. The van der Waals surface area contributed by atoms with Crippen LogP contribution in [0.3, 0.4) is 0 Å². The van der Waals surface area contributed by atoms with Crippen LogP contribution >= 0.6 is 11.3 Å². The van der Waals surface area contributed by atoms with Gasteiger partial charge in [-0.2, -0.15) is 4.72 Å². The molecule has 1 aromatic carbocycles. The number of ether oxygens (including phenoxy) is 1. The molecule has 10 heteroatoms. The number of benzene rings is 1. The van der Waals surface area contributed by atoms with Gasteiger partial charge >= 0.3 is 5.97 Å². The van der Waals surface area contributed by atoms with Crippen LogP contribution in [0.2, 0.25) is 0 Å². The number of rotatable bonds is 8. The fourth-order valence-electron chi connectivity index (χ4n) is 2.06. The van der Waals surface area contributed by atoms with Crippen LogP contribution in [-0.2, 0) is 26.2 Å². The zero-order valence-electron chi connectivity index (χ0n) is 14.1. The first-order valence-electron chi connectivity index (χ1n) is 7.66. The molecule has 0 bridgehead atoms. The summed E-state index contributed by atoms with van der Waals surface area (Å²) in [6.07, 6.45) is 0. The summed E-state index contributed by atoms with van der Waals surface area (Å²) in [5.41, 5.74) is 0.497. The van der Waals surface area contributed by atoms with E-state index >= 15 is 0 Å². The van der Waals surface area contributed by atoms with Crippen LogP contribution < -0.4 is 4.72 Å². The molecule has 1 N–H and O–H groups in total. The van der Waals surface area contributed by atoms with E-state index < -0.39 is 27.0 Å². The highest BCUT2D eigenvalue weighted by molar-refractivity contribution is 7.91. The normalized spacial score (nSPS) is 12.7. The van der Waals surface area contributed by atoms with Crippen LogP contribution in [0.4, 0.5) is 5.69 Å². The predicted molar refractivity (Wildman–Crippen MR) is 96.2 cm³/mol. The number of nitro groups is 1. The van der Waals surface area contributed by atoms with E-state index in [0.717, 1.165) is 11.3 Å². The number of carbonyl (C=O) groups is 1. The molecule has 140 valence electrons. The molecule has 0 radical (unpaired) electrons. The Morgan fingerprint density at radius 1 is 1.27 bits per heavy atom. The number of carbonyl (C=O) groups excluding carboxylic acids is 1. The molecule has 2 rings (SSSR count). The number of thiophene rings is 1. The smallest absolute Gasteiger partial charge is 0.324 e. The van der Waals surface area contributed by atoms with E-state index in [9.17, 15) is 23.3 Å². The quantitative estimate of drug-likeness (QED) is 0.415. The largest absolute Gasteiger partial charge is 0.460 e. The van der Waals surface area contributed by atoms with E-state index in [2.05, 4.69) is 4.72 Å². The molecule has 1 heterocycles. The first-order valence-corrected chi connectivity index (χ1v) is 10.0. The van der Waals surface area contributed by atoms with Crippen LogP contribution in [0.5, 0.6) is 0 Å². The van der Waals surface area contributed by atoms with Gasteiger partial charge in [0.2, 0.25) is 0 Å². The Morgan fingerprint density at radius 3 is 2.42 bits per heavy atom. The molecule has 0 saturated heterocycles. The summed E-state index contributed by atoms with van der Waals surface area (Å²) in [5.74, 6) is -1.03. The lowest BCUT2D eigenvalue weighted by Crippen LogP contribution is -2.45. The monoisotopic (exact) mass is 398 g/mol. The summed E-state index contributed by atoms with van der Waals surface area (Å²) < 4.78 is 32.3. The third-order valence-corrected chi connectivity index (χ3v) is 6.33. The van der Waals surface area contributed by atoms with Gasteiger partial charge in [0.1, 0.15) is 16.9 Å². The Bertz CT molecular complexity index is 861. The van der Waals surface area contributed by atoms with Crippen molar-refractivity contribution in [1.29, 1.82) is 0 Å². The highest BCUT2D eigenvalue weighted by Gasteiger charge is 2.30. The maximum atomic E-state index is 12.3. The van der Waals surface area contributed by atoms with E-state index in [0.29, 0.717) is 5.56 Å². The van der Waals surface area contributed by atoms with E-state index in [-0.39, 0.29) is 22.4 Å². The summed E-state index contributed by atoms with van der Waals surface area (Å²) >= 11 is 1.05. The van der Waals surface area contributed by atoms with Crippen molar-refractivity contribution >= 4 is 33.0 Å². The maximum absolute atomic E-state index is 12.3. The van der Waals surface area contributed by atoms with Gasteiger partial charge in [-0.25, -0.2) is 8.42 Å². The lowest BCUT2D eigenvalue weighted by atomic mass is 10.1. The minimum atomic E-state index is -3.81. The van der Waals surface area contributed by atoms with Crippen LogP contribution in [-0.4, -0.2) is 25.4 Å². The number of hydrogen-bond donors (Lipinski definition) is 1. The molecule has 0 spiro atoms. The van der Waals surface area contributed by atoms with Gasteiger partial charge in [-0.1, -0.05) is 19.9 Å². The van der Waals surface area contributed by atoms with Crippen molar-refractivity contribution < 1.29 is 22.9 Å². The topological polar surface area (TPSA) is 116 Å². The van der Waals surface area contributed by atoms with Gasteiger partial charge < -0.3 is 4.74 Å². The fourth-order valence-corrected chi connectivity index (χ4v) is 4.40. The van der Waals surface area contributed by atoms with Crippen molar-refractivity contribution in [3.8, 4) is 0 Å². The SMILES string of the molecule is CC(C)[C@@H](NS(=O)(=O)c1cccs1)C(=O)OCc1ccc([N+](=O)[O-])cc1. The van der Waals surface area contributed by atoms with Crippen LogP contribution in [0.1, 0.15) is 19.4 Å². The van der Waals surface area contributed by atoms with Crippen molar-refractivity contribution in [1.82, 2.24) is 4.72 Å². The van der Waals surface area contributed by atoms with Crippen LogP contribution in [0, 0.1) is 16.0 Å². The molecule has 0 aliphatic carbocycles. The number of sulfonamides is 1. The molecule has 1 aromatic heterocycles. The molecule has 1 atom stereocenters. The number of nitrogens with zero attached hydrogens (tertiary/aromatic N) is 1. The number of non-ortho nitro benzene ring substituents is 1. The molecule has 2 aromatic rings. The van der Waals surface area contributed by atoms with Gasteiger partial charge in [0.15, 0.2) is 0 Å². The first-order chi connectivity index (χ1) is 12.2. The van der Waals surface area contributed by atoms with Crippen LogP contribution in [0.15, 0.2) is 46.0 Å². The molecule has 0 aliphatic rings. The number of esters is 1. The predicted octanol–water partition coefficient (Wildman–Crippen LogP) is 2.70. The number of hydrogen-bond acceptors (Lipinski definition) is 7. The zero-order valence-corrected chi connectivity index (χ0v) is 15.7. The zero-order chi connectivity index (χ0) is 19.3. The average Bonchev–Trinajstić information content (AvgIpc) is 3.13. The van der Waals surface area contributed by atoms with Gasteiger partial charge in [0.05, 0.1) is 4.92 Å². The third-order valence-electron chi connectivity index (χ3n) is 3.49. The van der Waals surface area contributed by atoms with Crippen molar-refractivity contribution in [2.24, 2.45) is 5.92 Å². The van der Waals surface area contributed by atoms with Gasteiger partial charge in [-0.3, -0.25) is 14.9 Å². The number of nitrogens with one attached hydrogen (secondary N) is 1. The molecular formula is C16H18N2O6S2. The standard InChI is InChI=1S/C16H18N2O6S2/c1-11(2)15(17-26(22,23)14-4-3-9-25-14)16(19)24-10-12-5-7-13(8-6-12)18(20)21/h3-9,11,15,17H,10H2,1-2H3/t15-/m1/s1. The van der Waals surface area contributed by atoms with Crippen molar-refractivity contribution in [2.75, 3.05) is 0 Å². The molecule has 0 unspecified atom stereocenters. The molecule has 0 amide bonds. The highest BCUT2D eigenvalue weighted by atomic mass is 32.2. The van der Waals surface area contributed by atoms with E-state index in [4.69, 9.17) is 4.74 Å². The van der Waals surface area contributed by atoms with E-state index in [1.807, 2.05) is 0 Å². The Hall–Kier alpha value is -2.30. The van der Waals surface area contributed by atoms with E-state index in [1.54, 1.807) is 25.3 Å². The lowest BCUT2D eigenvalue weighted by Gasteiger charge is -2.20. The van der Waals surface area contributed by atoms with Gasteiger partial charge in [0, 0.05) is 12.1 Å². The highest BCUT2D eigenvalue weighted by Crippen LogP contribution is 2.18. The summed E-state index contributed by atoms with van der Waals surface area (Å²) in [5, 5.41) is 12.3. The fraction of sp³-hybridized carbons (Fsp3) is 0.312. The first kappa shape index (κ1) is 20.0. The van der Waals surface area contributed by atoms with Gasteiger partial charge in [0.25, 0.3) is 15.7 Å². The van der Waals surface area contributed by atoms with Crippen LogP contribution in [0.25, 0.3) is 0 Å². The second kappa shape index (κ2) is 8.39. The Kier molecular flexibility index (Phi) is 6.46.